The van der Waals surface area contributed by atoms with Crippen molar-refractivity contribution in [2.75, 3.05) is 13.2 Å². The van der Waals surface area contributed by atoms with E-state index in [9.17, 15) is 55.5 Å². The van der Waals surface area contributed by atoms with E-state index in [0.717, 1.165) is 62.8 Å². The predicted molar refractivity (Wildman–Crippen MR) is 213 cm³/mol. The number of esters is 2. The molecule has 0 spiro atoms. The smallest absolute Gasteiger partial charge is 0.331 e. The van der Waals surface area contributed by atoms with Gasteiger partial charge in [0.2, 0.25) is 0 Å². The van der Waals surface area contributed by atoms with Crippen LogP contribution in [0, 0.1) is 0 Å². The molecule has 1 aromatic carbocycles. The first-order valence-corrected chi connectivity index (χ1v) is 19.9. The maximum absolute atomic E-state index is 13.2. The van der Waals surface area contributed by atoms with Crippen molar-refractivity contribution in [3.8, 4) is 11.5 Å². The molecule has 0 radical (unpaired) electrons. The monoisotopic (exact) mass is 832 g/mol. The number of aromatic hydroxyl groups is 2. The zero-order valence-electron chi connectivity index (χ0n) is 33.4. The lowest BCUT2D eigenvalue weighted by Gasteiger charge is -2.47. The molecule has 0 amide bonds. The van der Waals surface area contributed by atoms with Gasteiger partial charge in [-0.15, -0.1) is 0 Å². The van der Waals surface area contributed by atoms with E-state index in [-0.39, 0.29) is 17.5 Å². The van der Waals surface area contributed by atoms with Crippen molar-refractivity contribution in [2.24, 2.45) is 0 Å². The molecule has 0 aromatic heterocycles. The number of carbonyl (C=O) groups is 2. The number of phenols is 2. The number of aliphatic hydroxyl groups is 7. The summed E-state index contributed by atoms with van der Waals surface area (Å²) in [6.45, 7) is 1.96. The van der Waals surface area contributed by atoms with Crippen LogP contribution >= 0.6 is 0 Å². The second-order valence-corrected chi connectivity index (χ2v) is 14.1. The summed E-state index contributed by atoms with van der Waals surface area (Å²) in [5, 5.41) is 95.4. The zero-order chi connectivity index (χ0) is 43.3. The SMILES string of the molecule is CCCC=CC=CC(O)CC=CC=CC(=O)OC1C(O)C(c2c(O)cc(O)cc2CO)OC(CO)C1OC1OC(COC(=O)C=CC=CCCCCC)C(O)C(O)C1O. The van der Waals surface area contributed by atoms with Crippen LogP contribution in [0.1, 0.15) is 76.0 Å². The van der Waals surface area contributed by atoms with Crippen LogP contribution in [-0.2, 0) is 39.9 Å². The number of hydrogen-bond acceptors (Lipinski definition) is 16. The molecule has 2 heterocycles. The van der Waals surface area contributed by atoms with Crippen LogP contribution in [0.4, 0.5) is 0 Å². The molecule has 59 heavy (non-hydrogen) atoms. The van der Waals surface area contributed by atoms with Crippen LogP contribution < -0.4 is 0 Å². The van der Waals surface area contributed by atoms with Gasteiger partial charge < -0.3 is 69.6 Å². The van der Waals surface area contributed by atoms with Gasteiger partial charge in [0.25, 0.3) is 0 Å². The highest BCUT2D eigenvalue weighted by Crippen LogP contribution is 2.42. The molecule has 2 aliphatic rings. The third-order valence-corrected chi connectivity index (χ3v) is 9.47. The number of carbonyl (C=O) groups excluding carboxylic acids is 2. The maximum atomic E-state index is 13.2. The first-order chi connectivity index (χ1) is 28.4. The predicted octanol–water partition coefficient (Wildman–Crippen LogP) is 2.50. The first kappa shape index (κ1) is 49.2. The lowest BCUT2D eigenvalue weighted by Crippen LogP contribution is -2.64. The van der Waals surface area contributed by atoms with Crippen molar-refractivity contribution >= 4 is 11.9 Å². The molecule has 16 heteroatoms. The lowest BCUT2D eigenvalue weighted by atomic mass is 9.88. The van der Waals surface area contributed by atoms with Crippen LogP contribution in [0.5, 0.6) is 11.5 Å². The average Bonchev–Trinajstić information content (AvgIpc) is 3.21. The Morgan fingerprint density at radius 1 is 0.763 bits per heavy atom. The molecule has 2 aliphatic heterocycles. The molecule has 0 aliphatic carbocycles. The van der Waals surface area contributed by atoms with Crippen molar-refractivity contribution in [3.63, 3.8) is 0 Å². The van der Waals surface area contributed by atoms with Crippen molar-refractivity contribution in [2.45, 2.75) is 133 Å². The van der Waals surface area contributed by atoms with Gasteiger partial charge in [0.05, 0.1) is 19.3 Å². The molecule has 9 N–H and O–H groups in total. The zero-order valence-corrected chi connectivity index (χ0v) is 33.4. The Bertz CT molecular complexity index is 1620. The van der Waals surface area contributed by atoms with Crippen LogP contribution in [-0.4, -0.2) is 132 Å². The summed E-state index contributed by atoms with van der Waals surface area (Å²) < 4.78 is 28.5. The van der Waals surface area contributed by atoms with Gasteiger partial charge in [-0.25, -0.2) is 9.59 Å². The van der Waals surface area contributed by atoms with Gasteiger partial charge in [0.15, 0.2) is 12.4 Å². The Morgan fingerprint density at radius 3 is 2.15 bits per heavy atom. The Kier molecular flexibility index (Phi) is 21.8. The molecule has 2 saturated heterocycles. The number of hydrogen-bond donors (Lipinski definition) is 9. The highest BCUT2D eigenvalue weighted by molar-refractivity contribution is 5.82. The summed E-state index contributed by atoms with van der Waals surface area (Å²) >= 11 is 0. The number of aliphatic hydroxyl groups excluding tert-OH is 7. The number of allylic oxidation sites excluding steroid dienone is 8. The molecule has 328 valence electrons. The standard InChI is InChI=1S/C43H60O16/c1-3-5-7-9-10-12-16-20-33(49)55-26-32-36(51)37(52)38(53)43(57-32)59-40-31(25-45)56-41(35-27(24-44)22-29(47)23-30(35)48)39(54)42(40)58-34(50)21-17-13-15-19-28(46)18-14-11-8-6-4-2/h8,10-18,20-23,28,31-32,36-48,51-54H,3-7,9,19,24-26H2,1-2H3. The molecule has 3 rings (SSSR count). The van der Waals surface area contributed by atoms with Gasteiger partial charge >= 0.3 is 11.9 Å². The Hall–Kier alpha value is -4.20. The first-order valence-electron chi connectivity index (χ1n) is 19.9. The van der Waals surface area contributed by atoms with E-state index in [0.29, 0.717) is 0 Å². The Labute approximate surface area is 344 Å². The number of benzene rings is 1. The summed E-state index contributed by atoms with van der Waals surface area (Å²) in [6.07, 6.45) is 6.81. The van der Waals surface area contributed by atoms with Gasteiger partial charge in [-0.3, -0.25) is 0 Å². The van der Waals surface area contributed by atoms with Crippen LogP contribution in [0.15, 0.2) is 85.0 Å². The third-order valence-electron chi connectivity index (χ3n) is 9.47. The molecule has 0 bridgehead atoms. The highest BCUT2D eigenvalue weighted by Gasteiger charge is 2.53. The summed E-state index contributed by atoms with van der Waals surface area (Å²) in [5.41, 5.74) is -0.261. The van der Waals surface area contributed by atoms with Crippen LogP contribution in [0.2, 0.25) is 0 Å². The molecular formula is C43H60O16. The van der Waals surface area contributed by atoms with E-state index in [1.165, 1.54) is 18.2 Å². The Morgan fingerprint density at radius 2 is 1.46 bits per heavy atom. The molecule has 1 aromatic rings. The fourth-order valence-electron chi connectivity index (χ4n) is 6.32. The van der Waals surface area contributed by atoms with Gasteiger partial charge in [-0.2, -0.15) is 0 Å². The normalized spacial score (nSPS) is 28.5. The third kappa shape index (κ3) is 15.4. The van der Waals surface area contributed by atoms with Crippen molar-refractivity contribution in [1.29, 1.82) is 0 Å². The van der Waals surface area contributed by atoms with E-state index >= 15 is 0 Å². The molecule has 16 nitrogen and oxygen atoms in total. The number of ether oxygens (including phenoxy) is 5. The van der Waals surface area contributed by atoms with E-state index in [4.69, 9.17) is 23.7 Å². The topological polar surface area (TPSA) is 262 Å². The summed E-state index contributed by atoms with van der Waals surface area (Å²) in [4.78, 5) is 25.6. The minimum absolute atomic E-state index is 0.0647. The molecule has 11 unspecified atom stereocenters. The van der Waals surface area contributed by atoms with Gasteiger partial charge in [0, 0.05) is 23.8 Å². The van der Waals surface area contributed by atoms with E-state index in [1.807, 2.05) is 18.2 Å². The second-order valence-electron chi connectivity index (χ2n) is 14.1. The largest absolute Gasteiger partial charge is 0.508 e. The van der Waals surface area contributed by atoms with Gasteiger partial charge in [0.1, 0.15) is 66.9 Å². The minimum atomic E-state index is -1.95. The fourth-order valence-corrected chi connectivity index (χ4v) is 6.32. The van der Waals surface area contributed by atoms with E-state index < -0.39 is 111 Å². The number of rotatable bonds is 22. The molecule has 11 atom stereocenters. The van der Waals surface area contributed by atoms with Crippen LogP contribution in [0.25, 0.3) is 0 Å². The fraction of sp³-hybridized carbons (Fsp3) is 0.535. The molecule has 2 fully saturated rings. The van der Waals surface area contributed by atoms with Crippen molar-refractivity contribution in [3.05, 3.63) is 96.2 Å². The highest BCUT2D eigenvalue weighted by atomic mass is 16.7. The summed E-state index contributed by atoms with van der Waals surface area (Å²) in [5.74, 6) is -2.83. The van der Waals surface area contributed by atoms with E-state index in [2.05, 4.69) is 13.8 Å². The number of unbranched alkanes of at least 4 members (excludes halogenated alkanes) is 4. The van der Waals surface area contributed by atoms with Crippen molar-refractivity contribution in [1.82, 2.24) is 0 Å². The minimum Gasteiger partial charge on any atom is -0.508 e. The average molecular weight is 833 g/mol. The Balaban J connectivity index is 1.83. The summed E-state index contributed by atoms with van der Waals surface area (Å²) in [6, 6.07) is 2.04. The second kappa shape index (κ2) is 26.1. The maximum Gasteiger partial charge on any atom is 0.331 e. The number of phenolic OH excluding ortho intramolecular Hbond substituents is 2. The summed E-state index contributed by atoms with van der Waals surface area (Å²) in [7, 11) is 0. The molecule has 0 saturated carbocycles. The van der Waals surface area contributed by atoms with Crippen LogP contribution in [0.3, 0.4) is 0 Å². The van der Waals surface area contributed by atoms with Gasteiger partial charge in [-0.1, -0.05) is 93.9 Å². The van der Waals surface area contributed by atoms with Gasteiger partial charge in [-0.05, 0) is 37.3 Å². The van der Waals surface area contributed by atoms with E-state index in [1.54, 1.807) is 24.3 Å². The molecular weight excluding hydrogens is 772 g/mol. The quantitative estimate of drug-likeness (QED) is 0.0352. The van der Waals surface area contributed by atoms with Crippen molar-refractivity contribution < 1.29 is 79.2 Å². The lowest BCUT2D eigenvalue weighted by molar-refractivity contribution is -0.343.